The highest BCUT2D eigenvalue weighted by Crippen LogP contribution is 2.37. The summed E-state index contributed by atoms with van der Waals surface area (Å²) < 4.78 is 5.31. The van der Waals surface area contributed by atoms with Crippen LogP contribution in [0.2, 0.25) is 0 Å². The Morgan fingerprint density at radius 2 is 1.54 bits per heavy atom. The van der Waals surface area contributed by atoms with Crippen LogP contribution in [0.3, 0.4) is 0 Å². The Kier molecular flexibility index (Phi) is 8.02. The number of rotatable bonds is 9. The van der Waals surface area contributed by atoms with E-state index in [0.717, 1.165) is 12.8 Å². The molecule has 0 atom stereocenters. The topological polar surface area (TPSA) is 128 Å². The number of hydrogen-bond acceptors (Lipinski definition) is 6. The largest absolute Gasteiger partial charge is 0.508 e. The molecule has 0 aliphatic heterocycles. The molecule has 0 aliphatic rings. The summed E-state index contributed by atoms with van der Waals surface area (Å²) in [4.78, 5) is 24.1. The maximum absolute atomic E-state index is 12.4. The van der Waals surface area contributed by atoms with Crippen molar-refractivity contribution in [2.24, 2.45) is 0 Å². The monoisotopic (exact) mass is 478 g/mol. The zero-order valence-corrected chi connectivity index (χ0v) is 20.1. The lowest BCUT2D eigenvalue weighted by molar-refractivity contribution is -0.132. The van der Waals surface area contributed by atoms with Gasteiger partial charge in [0.05, 0.1) is 0 Å². The summed E-state index contributed by atoms with van der Waals surface area (Å²) >= 11 is 0. The fraction of sp³-hybridized carbons (Fsp3) is 0.286. The fourth-order valence-corrected chi connectivity index (χ4v) is 3.96. The first-order chi connectivity index (χ1) is 16.6. The number of phenolic OH excluding ortho intramolecular Hbond substituents is 3. The van der Waals surface area contributed by atoms with Gasteiger partial charge in [-0.05, 0) is 77.1 Å². The lowest BCUT2D eigenvalue weighted by atomic mass is 10.0. The summed E-state index contributed by atoms with van der Waals surface area (Å²) in [6, 6.07) is 5.22. The highest BCUT2D eigenvalue weighted by Gasteiger charge is 2.17. The fourth-order valence-electron chi connectivity index (χ4n) is 3.96. The van der Waals surface area contributed by atoms with Crippen molar-refractivity contribution in [1.82, 2.24) is 0 Å². The van der Waals surface area contributed by atoms with Crippen LogP contribution in [-0.4, -0.2) is 26.4 Å². The minimum Gasteiger partial charge on any atom is -0.508 e. The van der Waals surface area contributed by atoms with Crippen molar-refractivity contribution in [1.29, 1.82) is 0 Å². The van der Waals surface area contributed by atoms with Crippen molar-refractivity contribution in [3.63, 3.8) is 0 Å². The first kappa shape index (κ1) is 25.6. The van der Waals surface area contributed by atoms with E-state index in [-0.39, 0.29) is 51.0 Å². The number of allylic oxidation sites excluding steroid dienone is 5. The molecule has 184 valence electrons. The SMILES string of the molecule is CC(C)=CCCC(C)=CCCC(=CCc1cc2oc(=O)c3c(O)ccc(O)c3c2cc1O)C(=O)O. The zero-order valence-electron chi connectivity index (χ0n) is 20.1. The molecule has 0 aliphatic carbocycles. The maximum atomic E-state index is 12.4. The van der Waals surface area contributed by atoms with Gasteiger partial charge in [-0.25, -0.2) is 9.59 Å². The number of carbonyl (C=O) groups is 1. The summed E-state index contributed by atoms with van der Waals surface area (Å²) in [7, 11) is 0. The van der Waals surface area contributed by atoms with Crippen LogP contribution < -0.4 is 5.63 Å². The Balaban J connectivity index is 1.85. The van der Waals surface area contributed by atoms with Gasteiger partial charge in [0.1, 0.15) is 28.2 Å². The maximum Gasteiger partial charge on any atom is 0.348 e. The van der Waals surface area contributed by atoms with Crippen molar-refractivity contribution >= 4 is 27.7 Å². The van der Waals surface area contributed by atoms with Gasteiger partial charge < -0.3 is 24.8 Å². The molecule has 1 heterocycles. The predicted octanol–water partition coefficient (Wildman–Crippen LogP) is 6.09. The van der Waals surface area contributed by atoms with Gasteiger partial charge in [0.2, 0.25) is 0 Å². The molecule has 3 rings (SSSR count). The van der Waals surface area contributed by atoms with Crippen molar-refractivity contribution < 1.29 is 29.6 Å². The Morgan fingerprint density at radius 1 is 0.886 bits per heavy atom. The smallest absolute Gasteiger partial charge is 0.348 e. The first-order valence-corrected chi connectivity index (χ1v) is 11.4. The van der Waals surface area contributed by atoms with Gasteiger partial charge >= 0.3 is 11.6 Å². The average molecular weight is 479 g/mol. The van der Waals surface area contributed by atoms with E-state index >= 15 is 0 Å². The Morgan fingerprint density at radius 3 is 2.20 bits per heavy atom. The third-order valence-electron chi connectivity index (χ3n) is 5.86. The van der Waals surface area contributed by atoms with Gasteiger partial charge in [-0.3, -0.25) is 0 Å². The molecule has 0 fully saturated rings. The molecule has 0 radical (unpaired) electrons. The number of hydrogen-bond donors (Lipinski definition) is 4. The van der Waals surface area contributed by atoms with E-state index in [4.69, 9.17) is 4.42 Å². The van der Waals surface area contributed by atoms with Gasteiger partial charge in [-0.2, -0.15) is 0 Å². The minimum absolute atomic E-state index is 0.0756. The van der Waals surface area contributed by atoms with Crippen LogP contribution in [0.1, 0.15) is 52.0 Å². The van der Waals surface area contributed by atoms with E-state index in [0.29, 0.717) is 18.4 Å². The van der Waals surface area contributed by atoms with Crippen LogP contribution in [0, 0.1) is 0 Å². The molecule has 0 saturated carbocycles. The summed E-state index contributed by atoms with van der Waals surface area (Å²) in [6.45, 7) is 6.15. The molecule has 7 heteroatoms. The lowest BCUT2D eigenvalue weighted by Gasteiger charge is -2.09. The minimum atomic E-state index is -1.03. The molecular weight excluding hydrogens is 448 g/mol. The predicted molar refractivity (Wildman–Crippen MR) is 136 cm³/mol. The molecule has 3 aromatic rings. The summed E-state index contributed by atoms with van der Waals surface area (Å²) in [5, 5.41) is 40.6. The highest BCUT2D eigenvalue weighted by atomic mass is 16.4. The number of carboxylic acids is 1. The van der Waals surface area contributed by atoms with E-state index in [9.17, 15) is 30.0 Å². The molecule has 0 spiro atoms. The van der Waals surface area contributed by atoms with Crippen LogP contribution >= 0.6 is 0 Å². The quantitative estimate of drug-likeness (QED) is 0.0963. The molecule has 2 aromatic carbocycles. The van der Waals surface area contributed by atoms with Crippen molar-refractivity contribution in [3.8, 4) is 17.2 Å². The third kappa shape index (κ3) is 6.12. The second kappa shape index (κ2) is 11.0. The van der Waals surface area contributed by atoms with Crippen LogP contribution in [0.4, 0.5) is 0 Å². The van der Waals surface area contributed by atoms with E-state index in [1.165, 1.54) is 41.5 Å². The molecule has 0 bridgehead atoms. The normalized spacial score (nSPS) is 12.3. The Hall–Kier alpha value is -4.00. The second-order valence-corrected chi connectivity index (χ2v) is 8.87. The lowest BCUT2D eigenvalue weighted by Crippen LogP contribution is -2.02. The van der Waals surface area contributed by atoms with Gasteiger partial charge in [0, 0.05) is 21.9 Å². The molecule has 0 amide bonds. The van der Waals surface area contributed by atoms with Gasteiger partial charge in [-0.1, -0.05) is 29.4 Å². The third-order valence-corrected chi connectivity index (χ3v) is 5.86. The molecule has 1 aromatic heterocycles. The Bertz CT molecular complexity index is 1420. The van der Waals surface area contributed by atoms with Gasteiger partial charge in [0.15, 0.2) is 0 Å². The van der Waals surface area contributed by atoms with Gasteiger partial charge in [0.25, 0.3) is 0 Å². The Labute approximate surface area is 203 Å². The zero-order chi connectivity index (χ0) is 25.7. The average Bonchev–Trinajstić information content (AvgIpc) is 2.78. The van der Waals surface area contributed by atoms with Crippen LogP contribution in [0.15, 0.2) is 68.4 Å². The molecule has 0 saturated heterocycles. The van der Waals surface area contributed by atoms with E-state index in [2.05, 4.69) is 19.9 Å². The van der Waals surface area contributed by atoms with Crippen molar-refractivity contribution in [3.05, 3.63) is 75.2 Å². The van der Waals surface area contributed by atoms with Crippen molar-refractivity contribution in [2.45, 2.75) is 52.9 Å². The highest BCUT2D eigenvalue weighted by molar-refractivity contribution is 6.10. The number of phenols is 3. The summed E-state index contributed by atoms with van der Waals surface area (Å²) in [6.07, 6.45) is 8.68. The molecule has 35 heavy (non-hydrogen) atoms. The number of carboxylic acid groups (broad SMARTS) is 1. The first-order valence-electron chi connectivity index (χ1n) is 11.4. The number of aliphatic carboxylic acids is 1. The van der Waals surface area contributed by atoms with Crippen LogP contribution in [0.25, 0.3) is 21.7 Å². The summed E-state index contributed by atoms with van der Waals surface area (Å²) in [5.41, 5.74) is 2.35. The van der Waals surface area contributed by atoms with Crippen LogP contribution in [0.5, 0.6) is 17.2 Å². The van der Waals surface area contributed by atoms with E-state index < -0.39 is 11.6 Å². The number of fused-ring (bicyclic) bond motifs is 3. The standard InChI is InChI=1S/C28H30O7/c1-16(2)6-4-7-17(3)8-5-9-18(27(32)33)10-11-19-14-24-20(15-23(19)31)25-21(29)12-13-22(30)26(25)28(34)35-24/h6,8,10,12-15,29-31H,4-5,7,9,11H2,1-3H3,(H,32,33). The van der Waals surface area contributed by atoms with E-state index in [1.54, 1.807) is 0 Å². The van der Waals surface area contributed by atoms with Crippen LogP contribution in [-0.2, 0) is 11.2 Å². The molecule has 4 N–H and O–H groups in total. The van der Waals surface area contributed by atoms with Gasteiger partial charge in [-0.15, -0.1) is 0 Å². The molecule has 0 unspecified atom stereocenters. The van der Waals surface area contributed by atoms with E-state index in [1.807, 2.05) is 13.0 Å². The van der Waals surface area contributed by atoms with Crippen molar-refractivity contribution in [2.75, 3.05) is 0 Å². The second-order valence-electron chi connectivity index (χ2n) is 8.87. The summed E-state index contributed by atoms with van der Waals surface area (Å²) in [5.74, 6) is -1.75. The number of benzene rings is 2. The molecular formula is C28H30O7. The molecule has 7 nitrogen and oxygen atoms in total. The number of aromatic hydroxyl groups is 3.